The van der Waals surface area contributed by atoms with E-state index in [-0.39, 0.29) is 43.2 Å². The summed E-state index contributed by atoms with van der Waals surface area (Å²) < 4.78 is 15.5. The van der Waals surface area contributed by atoms with Gasteiger partial charge in [0.15, 0.2) is 5.82 Å². The minimum absolute atomic E-state index is 0.00421. The lowest BCUT2D eigenvalue weighted by atomic mass is 10.2. The predicted octanol–water partition coefficient (Wildman–Crippen LogP) is 0.154. The molecule has 0 aromatic carbocycles. The summed E-state index contributed by atoms with van der Waals surface area (Å²) in [7, 11) is 1.54. The van der Waals surface area contributed by atoms with Crippen molar-refractivity contribution in [1.29, 1.82) is 0 Å². The van der Waals surface area contributed by atoms with Gasteiger partial charge in [-0.25, -0.2) is 0 Å². The number of carbonyl (C=O) groups excluding carboxylic acids is 3. The number of anilines is 1. The largest absolute Gasteiger partial charge is 0.383 e. The molecule has 0 spiro atoms. The van der Waals surface area contributed by atoms with Gasteiger partial charge in [0.1, 0.15) is 5.76 Å². The summed E-state index contributed by atoms with van der Waals surface area (Å²) in [4.78, 5) is 37.7. The summed E-state index contributed by atoms with van der Waals surface area (Å²) in [5.41, 5.74) is 0. The molecule has 1 aliphatic rings. The molecule has 1 aromatic rings. The molecule has 28 heavy (non-hydrogen) atoms. The van der Waals surface area contributed by atoms with Crippen LogP contribution in [0.25, 0.3) is 0 Å². The van der Waals surface area contributed by atoms with Gasteiger partial charge >= 0.3 is 0 Å². The first-order valence-electron chi connectivity index (χ1n) is 9.37. The van der Waals surface area contributed by atoms with Crippen molar-refractivity contribution in [3.63, 3.8) is 0 Å². The second-order valence-electron chi connectivity index (χ2n) is 6.55. The van der Waals surface area contributed by atoms with E-state index in [0.717, 1.165) is 12.8 Å². The first-order chi connectivity index (χ1) is 13.5. The maximum Gasteiger partial charge on any atom is 0.239 e. The van der Waals surface area contributed by atoms with Crippen LogP contribution in [0, 0.1) is 6.92 Å². The topological polar surface area (TPSA) is 123 Å². The van der Waals surface area contributed by atoms with Gasteiger partial charge in [-0.15, -0.1) is 0 Å². The average Bonchev–Trinajstić information content (AvgIpc) is 3.34. The van der Waals surface area contributed by atoms with Crippen LogP contribution in [0.15, 0.2) is 10.6 Å². The van der Waals surface area contributed by atoms with Crippen molar-refractivity contribution >= 4 is 23.5 Å². The van der Waals surface area contributed by atoms with Crippen LogP contribution in [0.2, 0.25) is 0 Å². The van der Waals surface area contributed by atoms with E-state index in [1.54, 1.807) is 13.0 Å². The number of aromatic nitrogens is 1. The molecular weight excluding hydrogens is 368 g/mol. The van der Waals surface area contributed by atoms with Crippen molar-refractivity contribution in [3.8, 4) is 0 Å². The van der Waals surface area contributed by atoms with Crippen molar-refractivity contribution in [2.45, 2.75) is 38.7 Å². The van der Waals surface area contributed by atoms with Crippen molar-refractivity contribution in [2.75, 3.05) is 44.9 Å². The van der Waals surface area contributed by atoms with Gasteiger partial charge in [-0.3, -0.25) is 19.3 Å². The standard InChI is InChI=1S/C18H28N4O6/c1-13-10-15(21-28-13)22(12-14-4-3-8-27-14)18(25)6-5-16(23)20-11-17(24)19-7-9-26-2/h10,14H,3-9,11-12H2,1-2H3,(H,19,24)(H,20,23)/t14-/m0/s1. The third-order valence-corrected chi connectivity index (χ3v) is 4.24. The summed E-state index contributed by atoms with van der Waals surface area (Å²) in [5, 5.41) is 9.01. The number of aryl methyl sites for hydroxylation is 1. The maximum absolute atomic E-state index is 12.7. The highest BCUT2D eigenvalue weighted by Crippen LogP contribution is 2.20. The number of rotatable bonds is 11. The Balaban J connectivity index is 1.80. The maximum atomic E-state index is 12.7. The minimum atomic E-state index is -0.372. The summed E-state index contributed by atoms with van der Waals surface area (Å²) in [6.45, 7) is 3.43. The lowest BCUT2D eigenvalue weighted by Crippen LogP contribution is -2.40. The zero-order valence-electron chi connectivity index (χ0n) is 16.4. The van der Waals surface area contributed by atoms with Gasteiger partial charge in [-0.05, 0) is 19.8 Å². The van der Waals surface area contributed by atoms with Gasteiger partial charge in [-0.2, -0.15) is 0 Å². The van der Waals surface area contributed by atoms with E-state index in [2.05, 4.69) is 15.8 Å². The Labute approximate surface area is 163 Å². The fourth-order valence-corrected chi connectivity index (χ4v) is 2.77. The molecule has 1 aromatic heterocycles. The molecule has 3 amide bonds. The Hall–Kier alpha value is -2.46. The molecule has 0 saturated carbocycles. The van der Waals surface area contributed by atoms with Crippen LogP contribution in [0.4, 0.5) is 5.82 Å². The molecule has 1 saturated heterocycles. The fraction of sp³-hybridized carbons (Fsp3) is 0.667. The lowest BCUT2D eigenvalue weighted by Gasteiger charge is -2.22. The second-order valence-corrected chi connectivity index (χ2v) is 6.55. The lowest BCUT2D eigenvalue weighted by molar-refractivity contribution is -0.127. The van der Waals surface area contributed by atoms with Crippen LogP contribution >= 0.6 is 0 Å². The summed E-state index contributed by atoms with van der Waals surface area (Å²) in [6.07, 6.45) is 1.75. The number of carbonyl (C=O) groups is 3. The van der Waals surface area contributed by atoms with Gasteiger partial charge in [0.25, 0.3) is 0 Å². The number of nitrogens with one attached hydrogen (secondary N) is 2. The summed E-state index contributed by atoms with van der Waals surface area (Å²) >= 11 is 0. The molecule has 0 radical (unpaired) electrons. The quantitative estimate of drug-likeness (QED) is 0.511. The molecule has 2 heterocycles. The van der Waals surface area contributed by atoms with Crippen LogP contribution in [-0.4, -0.2) is 68.9 Å². The van der Waals surface area contributed by atoms with Gasteiger partial charge in [-0.1, -0.05) is 5.16 Å². The molecular formula is C18H28N4O6. The third-order valence-electron chi connectivity index (χ3n) is 4.24. The minimum Gasteiger partial charge on any atom is -0.383 e. The molecule has 1 atom stereocenters. The van der Waals surface area contributed by atoms with Crippen molar-refractivity contribution in [3.05, 3.63) is 11.8 Å². The summed E-state index contributed by atoms with van der Waals surface area (Å²) in [5.74, 6) is 0.0789. The smallest absolute Gasteiger partial charge is 0.239 e. The predicted molar refractivity (Wildman–Crippen MR) is 99.7 cm³/mol. The van der Waals surface area contributed by atoms with Crippen LogP contribution in [0.5, 0.6) is 0 Å². The van der Waals surface area contributed by atoms with Crippen molar-refractivity contribution in [1.82, 2.24) is 15.8 Å². The second kappa shape index (κ2) is 11.4. The highest BCUT2D eigenvalue weighted by atomic mass is 16.5. The molecule has 10 nitrogen and oxygen atoms in total. The Bertz CT molecular complexity index is 656. The molecule has 0 aliphatic carbocycles. The average molecular weight is 396 g/mol. The molecule has 2 N–H and O–H groups in total. The van der Waals surface area contributed by atoms with E-state index in [0.29, 0.717) is 37.9 Å². The van der Waals surface area contributed by atoms with E-state index < -0.39 is 0 Å². The van der Waals surface area contributed by atoms with Crippen LogP contribution in [-0.2, 0) is 23.9 Å². The van der Waals surface area contributed by atoms with Gasteiger partial charge in [0, 0.05) is 39.2 Å². The van der Waals surface area contributed by atoms with Crippen LogP contribution < -0.4 is 15.5 Å². The highest BCUT2D eigenvalue weighted by molar-refractivity contribution is 5.95. The molecule has 10 heteroatoms. The Kier molecular flexibility index (Phi) is 8.89. The molecule has 156 valence electrons. The third kappa shape index (κ3) is 7.28. The SMILES string of the molecule is COCCNC(=O)CNC(=O)CCC(=O)N(C[C@@H]1CCCO1)c1cc(C)on1. The monoisotopic (exact) mass is 396 g/mol. The van der Waals surface area contributed by atoms with Crippen molar-refractivity contribution in [2.24, 2.45) is 0 Å². The highest BCUT2D eigenvalue weighted by Gasteiger charge is 2.26. The van der Waals surface area contributed by atoms with E-state index in [1.165, 1.54) is 12.0 Å². The molecule has 1 aliphatic heterocycles. The first-order valence-corrected chi connectivity index (χ1v) is 9.37. The number of nitrogens with zero attached hydrogens (tertiary/aromatic N) is 2. The number of hydrogen-bond acceptors (Lipinski definition) is 7. The molecule has 0 unspecified atom stereocenters. The number of hydrogen-bond donors (Lipinski definition) is 2. The van der Waals surface area contributed by atoms with Gasteiger partial charge in [0.2, 0.25) is 17.7 Å². The number of methoxy groups -OCH3 is 1. The normalized spacial score (nSPS) is 16.0. The molecule has 0 bridgehead atoms. The molecule has 1 fully saturated rings. The Morgan fingerprint density at radius 3 is 2.75 bits per heavy atom. The molecule has 2 rings (SSSR count). The van der Waals surface area contributed by atoms with Gasteiger partial charge < -0.3 is 24.6 Å². The van der Waals surface area contributed by atoms with E-state index in [9.17, 15) is 14.4 Å². The fourth-order valence-electron chi connectivity index (χ4n) is 2.77. The Morgan fingerprint density at radius 1 is 1.29 bits per heavy atom. The summed E-state index contributed by atoms with van der Waals surface area (Å²) in [6, 6.07) is 1.68. The van der Waals surface area contributed by atoms with E-state index in [1.807, 2.05) is 0 Å². The van der Waals surface area contributed by atoms with E-state index >= 15 is 0 Å². The zero-order valence-corrected chi connectivity index (χ0v) is 16.4. The number of ether oxygens (including phenoxy) is 2. The first kappa shape index (κ1) is 21.8. The van der Waals surface area contributed by atoms with Crippen LogP contribution in [0.3, 0.4) is 0 Å². The van der Waals surface area contributed by atoms with E-state index in [4.69, 9.17) is 14.0 Å². The van der Waals surface area contributed by atoms with Crippen molar-refractivity contribution < 1.29 is 28.4 Å². The Morgan fingerprint density at radius 2 is 2.11 bits per heavy atom. The van der Waals surface area contributed by atoms with Gasteiger partial charge in [0.05, 0.1) is 25.8 Å². The zero-order chi connectivity index (χ0) is 20.4. The number of amides is 3. The van der Waals surface area contributed by atoms with Crippen LogP contribution in [0.1, 0.15) is 31.4 Å².